The summed E-state index contributed by atoms with van der Waals surface area (Å²) >= 11 is 0. The molecular formula is C18H22N4O4. The van der Waals surface area contributed by atoms with Crippen molar-refractivity contribution >= 4 is 12.0 Å². The molecule has 8 nitrogen and oxygen atoms in total. The predicted molar refractivity (Wildman–Crippen MR) is 93.7 cm³/mol. The smallest absolute Gasteiger partial charge is 0.335 e. The molecule has 1 aliphatic rings. The Balaban J connectivity index is 1.60. The quantitative estimate of drug-likeness (QED) is 0.865. The predicted octanol–water partition coefficient (Wildman–Crippen LogP) is 1.58. The number of benzene rings is 1. The molecule has 2 amide bonds. The summed E-state index contributed by atoms with van der Waals surface area (Å²) in [6.45, 7) is 3.68. The molecule has 138 valence electrons. The van der Waals surface area contributed by atoms with Gasteiger partial charge in [0.15, 0.2) is 0 Å². The average Bonchev–Trinajstić information content (AvgIpc) is 3.07. The van der Waals surface area contributed by atoms with E-state index in [0.29, 0.717) is 26.2 Å². The highest BCUT2D eigenvalue weighted by atomic mass is 16.5. The van der Waals surface area contributed by atoms with Crippen molar-refractivity contribution in [3.05, 3.63) is 53.3 Å². The second kappa shape index (κ2) is 7.17. The first kappa shape index (κ1) is 17.9. The Bertz CT molecular complexity index is 802. The number of hydrogen-bond acceptors (Lipinski definition) is 4. The Hall–Kier alpha value is -2.87. The van der Waals surface area contributed by atoms with Gasteiger partial charge in [0, 0.05) is 31.9 Å². The maximum absolute atomic E-state index is 12.5. The second-order valence-electron chi connectivity index (χ2n) is 6.56. The first-order chi connectivity index (χ1) is 12.4. The number of urea groups is 1. The topological polar surface area (TPSA) is 96.7 Å². The summed E-state index contributed by atoms with van der Waals surface area (Å²) in [5.74, 6) is -0.969. The van der Waals surface area contributed by atoms with Crippen molar-refractivity contribution < 1.29 is 19.4 Å². The summed E-state index contributed by atoms with van der Waals surface area (Å²) in [6.07, 6.45) is 3.65. The summed E-state index contributed by atoms with van der Waals surface area (Å²) in [4.78, 5) is 25.1. The van der Waals surface area contributed by atoms with Crippen LogP contribution in [0.5, 0.6) is 0 Å². The molecule has 1 aromatic carbocycles. The average molecular weight is 358 g/mol. The molecule has 1 aromatic heterocycles. The number of amides is 2. The van der Waals surface area contributed by atoms with E-state index in [1.165, 1.54) is 12.1 Å². The minimum atomic E-state index is -0.969. The second-order valence-corrected chi connectivity index (χ2v) is 6.56. The molecule has 2 heterocycles. The van der Waals surface area contributed by atoms with E-state index >= 15 is 0 Å². The van der Waals surface area contributed by atoms with Gasteiger partial charge in [0.25, 0.3) is 0 Å². The molecular weight excluding hydrogens is 336 g/mol. The monoisotopic (exact) mass is 358 g/mol. The van der Waals surface area contributed by atoms with Crippen LogP contribution in [-0.2, 0) is 23.9 Å². The number of morpholine rings is 1. The summed E-state index contributed by atoms with van der Waals surface area (Å²) in [7, 11) is 1.84. The van der Waals surface area contributed by atoms with Gasteiger partial charge in [0.2, 0.25) is 0 Å². The van der Waals surface area contributed by atoms with Gasteiger partial charge in [0.1, 0.15) is 5.60 Å². The van der Waals surface area contributed by atoms with Crippen LogP contribution in [0.2, 0.25) is 0 Å². The van der Waals surface area contributed by atoms with Gasteiger partial charge >= 0.3 is 12.0 Å². The number of aromatic carboxylic acids is 1. The van der Waals surface area contributed by atoms with Crippen LogP contribution >= 0.6 is 0 Å². The van der Waals surface area contributed by atoms with Crippen LogP contribution in [-0.4, -0.2) is 51.5 Å². The van der Waals surface area contributed by atoms with E-state index in [2.05, 4.69) is 10.4 Å². The number of carboxylic acids is 1. The summed E-state index contributed by atoms with van der Waals surface area (Å²) in [5, 5.41) is 16.0. The van der Waals surface area contributed by atoms with Crippen LogP contribution in [0, 0.1) is 0 Å². The molecule has 2 N–H and O–H groups in total. The number of ether oxygens (including phenoxy) is 1. The van der Waals surface area contributed by atoms with Crippen LogP contribution in [0.3, 0.4) is 0 Å². The van der Waals surface area contributed by atoms with Crippen molar-refractivity contribution in [1.29, 1.82) is 0 Å². The molecule has 3 rings (SSSR count). The number of carbonyl (C=O) groups is 2. The Labute approximate surface area is 151 Å². The van der Waals surface area contributed by atoms with E-state index in [4.69, 9.17) is 9.84 Å². The normalized spacial score (nSPS) is 20.0. The summed E-state index contributed by atoms with van der Waals surface area (Å²) < 4.78 is 7.63. The highest BCUT2D eigenvalue weighted by molar-refractivity contribution is 5.87. The highest BCUT2D eigenvalue weighted by Gasteiger charge is 2.36. The number of nitrogens with one attached hydrogen (secondary N) is 1. The van der Waals surface area contributed by atoms with Crippen molar-refractivity contribution in [2.24, 2.45) is 7.05 Å². The zero-order valence-electron chi connectivity index (χ0n) is 14.8. The van der Waals surface area contributed by atoms with E-state index in [0.717, 1.165) is 11.1 Å². The maximum Gasteiger partial charge on any atom is 0.335 e. The lowest BCUT2D eigenvalue weighted by atomic mass is 9.97. The third kappa shape index (κ3) is 3.85. The first-order valence-corrected chi connectivity index (χ1v) is 8.35. The molecule has 2 aromatic rings. The number of aromatic nitrogens is 2. The summed E-state index contributed by atoms with van der Waals surface area (Å²) in [5.41, 5.74) is 1.40. The number of aryl methyl sites for hydroxylation is 1. The molecule has 26 heavy (non-hydrogen) atoms. The zero-order valence-corrected chi connectivity index (χ0v) is 14.8. The van der Waals surface area contributed by atoms with Crippen molar-refractivity contribution in [3.63, 3.8) is 0 Å². The van der Waals surface area contributed by atoms with Gasteiger partial charge in [-0.25, -0.2) is 9.59 Å². The molecule has 0 aliphatic carbocycles. The fourth-order valence-electron chi connectivity index (χ4n) is 2.97. The van der Waals surface area contributed by atoms with Crippen LogP contribution in [0.15, 0.2) is 36.7 Å². The number of carbonyl (C=O) groups excluding carboxylic acids is 1. The Morgan fingerprint density at radius 3 is 2.69 bits per heavy atom. The molecule has 1 unspecified atom stereocenters. The molecule has 1 saturated heterocycles. The van der Waals surface area contributed by atoms with E-state index in [9.17, 15) is 9.59 Å². The summed E-state index contributed by atoms with van der Waals surface area (Å²) in [6, 6.07) is 6.27. The van der Waals surface area contributed by atoms with Gasteiger partial charge in [-0.05, 0) is 24.6 Å². The van der Waals surface area contributed by atoms with Gasteiger partial charge in [0.05, 0.1) is 24.9 Å². The fraction of sp³-hybridized carbons (Fsp3) is 0.389. The van der Waals surface area contributed by atoms with Crippen LogP contribution in [0.25, 0.3) is 0 Å². The van der Waals surface area contributed by atoms with Crippen molar-refractivity contribution in [2.45, 2.75) is 19.1 Å². The van der Waals surface area contributed by atoms with Crippen molar-refractivity contribution in [3.8, 4) is 0 Å². The van der Waals surface area contributed by atoms with Gasteiger partial charge in [-0.1, -0.05) is 12.1 Å². The standard InChI is InChI=1S/C18H22N4O4/c1-18(15-10-20-21(2)11-15)12-22(7-8-26-18)17(25)19-9-13-3-5-14(6-4-13)16(23)24/h3-6,10-11H,7-9,12H2,1-2H3,(H,19,25)(H,23,24). The number of rotatable bonds is 4. The maximum atomic E-state index is 12.5. The van der Waals surface area contributed by atoms with Gasteiger partial charge < -0.3 is 20.1 Å². The lowest BCUT2D eigenvalue weighted by Crippen LogP contribution is -2.53. The first-order valence-electron chi connectivity index (χ1n) is 8.35. The van der Waals surface area contributed by atoms with E-state index < -0.39 is 11.6 Å². The van der Waals surface area contributed by atoms with Crippen LogP contribution < -0.4 is 5.32 Å². The SMILES string of the molecule is Cn1cc(C2(C)CN(C(=O)NCc3ccc(C(=O)O)cc3)CCO2)cn1. The van der Waals surface area contributed by atoms with Gasteiger partial charge in [-0.15, -0.1) is 0 Å². The molecule has 0 bridgehead atoms. The van der Waals surface area contributed by atoms with Crippen molar-refractivity contribution in [2.75, 3.05) is 19.7 Å². The van der Waals surface area contributed by atoms with E-state index in [1.807, 2.05) is 20.2 Å². The zero-order chi connectivity index (χ0) is 18.7. The number of hydrogen-bond donors (Lipinski definition) is 2. The molecule has 0 saturated carbocycles. The molecule has 0 radical (unpaired) electrons. The fourth-order valence-corrected chi connectivity index (χ4v) is 2.97. The molecule has 1 fully saturated rings. The highest BCUT2D eigenvalue weighted by Crippen LogP contribution is 2.29. The Morgan fingerprint density at radius 1 is 1.35 bits per heavy atom. The van der Waals surface area contributed by atoms with E-state index in [1.54, 1.807) is 27.9 Å². The van der Waals surface area contributed by atoms with Gasteiger partial charge in [-0.3, -0.25) is 4.68 Å². The van der Waals surface area contributed by atoms with Crippen molar-refractivity contribution in [1.82, 2.24) is 20.0 Å². The van der Waals surface area contributed by atoms with E-state index in [-0.39, 0.29) is 11.6 Å². The molecule has 8 heteroatoms. The largest absolute Gasteiger partial charge is 0.478 e. The number of nitrogens with zero attached hydrogens (tertiary/aromatic N) is 3. The lowest BCUT2D eigenvalue weighted by molar-refractivity contribution is -0.0907. The minimum Gasteiger partial charge on any atom is -0.478 e. The van der Waals surface area contributed by atoms with Crippen LogP contribution in [0.4, 0.5) is 4.79 Å². The molecule has 1 aliphatic heterocycles. The lowest BCUT2D eigenvalue weighted by Gasteiger charge is -2.40. The molecule has 1 atom stereocenters. The minimum absolute atomic E-state index is 0.175. The third-order valence-corrected chi connectivity index (χ3v) is 4.52. The van der Waals surface area contributed by atoms with Crippen LogP contribution in [0.1, 0.15) is 28.4 Å². The van der Waals surface area contributed by atoms with Gasteiger partial charge in [-0.2, -0.15) is 5.10 Å². The Morgan fingerprint density at radius 2 is 2.08 bits per heavy atom. The number of carboxylic acid groups (broad SMARTS) is 1. The Kier molecular flexibility index (Phi) is 4.94. The third-order valence-electron chi connectivity index (χ3n) is 4.52. The molecule has 0 spiro atoms.